The number of aromatic nitrogens is 3. The van der Waals surface area contributed by atoms with Crippen molar-refractivity contribution in [2.24, 2.45) is 5.92 Å². The van der Waals surface area contributed by atoms with Gasteiger partial charge in [-0.05, 0) is 45.4 Å². The number of hydrogen-bond acceptors (Lipinski definition) is 4. The fourth-order valence-electron chi connectivity index (χ4n) is 3.33. The van der Waals surface area contributed by atoms with Crippen LogP contribution in [0.5, 0.6) is 0 Å². The number of rotatable bonds is 6. The zero-order valence-electron chi connectivity index (χ0n) is 13.8. The van der Waals surface area contributed by atoms with E-state index in [9.17, 15) is 9.59 Å². The van der Waals surface area contributed by atoms with Crippen LogP contribution in [0.4, 0.5) is 0 Å². The lowest BCUT2D eigenvalue weighted by Crippen LogP contribution is -2.56. The molecule has 2 heterocycles. The van der Waals surface area contributed by atoms with Crippen molar-refractivity contribution in [3.05, 3.63) is 11.6 Å². The molecule has 0 spiro atoms. The number of aryl methyl sites for hydroxylation is 3. The maximum absolute atomic E-state index is 12.2. The molecule has 0 aromatic carbocycles. The fourth-order valence-corrected chi connectivity index (χ4v) is 3.33. The normalized spacial score (nSPS) is 24.3. The third kappa shape index (κ3) is 4.09. The highest BCUT2D eigenvalue weighted by Gasteiger charge is 2.40. The smallest absolute Gasteiger partial charge is 0.220 e. The molecule has 1 aliphatic carbocycles. The van der Waals surface area contributed by atoms with Gasteiger partial charge in [0, 0.05) is 25.4 Å². The number of nitrogens with zero attached hydrogens (tertiary/aromatic N) is 3. The maximum atomic E-state index is 12.2. The van der Waals surface area contributed by atoms with Gasteiger partial charge in [-0.3, -0.25) is 14.3 Å². The highest BCUT2D eigenvalue weighted by molar-refractivity contribution is 5.79. The van der Waals surface area contributed by atoms with Crippen LogP contribution < -0.4 is 10.6 Å². The number of amides is 2. The van der Waals surface area contributed by atoms with Crippen LogP contribution in [0.15, 0.2) is 0 Å². The van der Waals surface area contributed by atoms with Gasteiger partial charge < -0.3 is 10.6 Å². The van der Waals surface area contributed by atoms with Crippen LogP contribution in [0.25, 0.3) is 0 Å². The summed E-state index contributed by atoms with van der Waals surface area (Å²) in [5.74, 6) is 2.37. The van der Waals surface area contributed by atoms with Gasteiger partial charge in [0.25, 0.3) is 0 Å². The summed E-state index contributed by atoms with van der Waals surface area (Å²) in [4.78, 5) is 28.0. The number of hydrogen-bond donors (Lipinski definition) is 2. The molecule has 2 N–H and O–H groups in total. The molecule has 0 radical (unpaired) electrons. The largest absolute Gasteiger partial charge is 0.351 e. The van der Waals surface area contributed by atoms with Gasteiger partial charge in [-0.15, -0.1) is 0 Å². The zero-order valence-corrected chi connectivity index (χ0v) is 13.8. The van der Waals surface area contributed by atoms with Gasteiger partial charge in [-0.1, -0.05) is 0 Å². The lowest BCUT2D eigenvalue weighted by Gasteiger charge is -2.33. The molecule has 3 rings (SSSR count). The molecule has 2 amide bonds. The Labute approximate surface area is 136 Å². The Bertz CT molecular complexity index is 593. The van der Waals surface area contributed by atoms with Crippen molar-refractivity contribution in [2.45, 2.75) is 71.0 Å². The summed E-state index contributed by atoms with van der Waals surface area (Å²) in [6.45, 7) is 4.49. The Balaban J connectivity index is 1.45. The summed E-state index contributed by atoms with van der Waals surface area (Å²) in [5.41, 5.74) is 0. The maximum Gasteiger partial charge on any atom is 0.220 e. The van der Waals surface area contributed by atoms with Crippen molar-refractivity contribution >= 4 is 11.8 Å². The average Bonchev–Trinajstić information content (AvgIpc) is 3.27. The second-order valence-corrected chi connectivity index (χ2v) is 6.68. The standard InChI is InChI=1S/C16H25N5O2/c1-10-17-11(2)21(20-10)9-3-4-14(22)18-13-7-8-15(23)19-16(13)12-5-6-12/h12-13,16H,3-9H2,1-2H3,(H,18,22)(H,19,23)/t13-,16+/m1/s1. The number of piperidine rings is 1. The van der Waals surface area contributed by atoms with Crippen molar-refractivity contribution < 1.29 is 9.59 Å². The molecule has 2 aliphatic rings. The van der Waals surface area contributed by atoms with Crippen molar-refractivity contribution in [2.75, 3.05) is 0 Å². The van der Waals surface area contributed by atoms with Crippen molar-refractivity contribution in [1.29, 1.82) is 0 Å². The molecule has 1 aromatic rings. The van der Waals surface area contributed by atoms with Crippen molar-refractivity contribution in [3.8, 4) is 0 Å². The summed E-state index contributed by atoms with van der Waals surface area (Å²) in [6.07, 6.45) is 4.78. The zero-order chi connectivity index (χ0) is 16.4. The van der Waals surface area contributed by atoms with Gasteiger partial charge in [-0.2, -0.15) is 5.10 Å². The Morgan fingerprint density at radius 1 is 1.35 bits per heavy atom. The Hall–Kier alpha value is -1.92. The highest BCUT2D eigenvalue weighted by Crippen LogP contribution is 2.36. The van der Waals surface area contributed by atoms with Crippen LogP contribution in [0.3, 0.4) is 0 Å². The van der Waals surface area contributed by atoms with Crippen LogP contribution in [0, 0.1) is 19.8 Å². The van der Waals surface area contributed by atoms with Crippen LogP contribution in [-0.2, 0) is 16.1 Å². The number of carbonyl (C=O) groups is 2. The molecule has 126 valence electrons. The molecule has 7 heteroatoms. The van der Waals surface area contributed by atoms with Crippen LogP contribution >= 0.6 is 0 Å². The van der Waals surface area contributed by atoms with Gasteiger partial charge in [0.15, 0.2) is 0 Å². The molecule has 23 heavy (non-hydrogen) atoms. The van der Waals surface area contributed by atoms with Gasteiger partial charge in [0.1, 0.15) is 11.6 Å². The van der Waals surface area contributed by atoms with E-state index in [1.54, 1.807) is 0 Å². The molecule has 1 saturated carbocycles. The van der Waals surface area contributed by atoms with E-state index in [-0.39, 0.29) is 23.9 Å². The molecule has 0 unspecified atom stereocenters. The van der Waals surface area contributed by atoms with Gasteiger partial charge in [0.05, 0.1) is 6.04 Å². The van der Waals surface area contributed by atoms with Crippen molar-refractivity contribution in [1.82, 2.24) is 25.4 Å². The van der Waals surface area contributed by atoms with Gasteiger partial charge >= 0.3 is 0 Å². The molecule has 2 atom stereocenters. The van der Waals surface area contributed by atoms with E-state index in [0.717, 1.165) is 37.3 Å². The van der Waals surface area contributed by atoms with E-state index in [4.69, 9.17) is 0 Å². The molecular weight excluding hydrogens is 294 g/mol. The topological polar surface area (TPSA) is 88.9 Å². The predicted octanol–water partition coefficient (Wildman–Crippen LogP) is 0.849. The van der Waals surface area contributed by atoms with Crippen molar-refractivity contribution in [3.63, 3.8) is 0 Å². The quantitative estimate of drug-likeness (QED) is 0.813. The minimum Gasteiger partial charge on any atom is -0.351 e. The van der Waals surface area contributed by atoms with E-state index in [1.165, 1.54) is 0 Å². The highest BCUT2D eigenvalue weighted by atomic mass is 16.2. The second kappa shape index (κ2) is 6.68. The van der Waals surface area contributed by atoms with E-state index in [0.29, 0.717) is 25.3 Å². The Kier molecular flexibility index (Phi) is 4.63. The van der Waals surface area contributed by atoms with E-state index >= 15 is 0 Å². The molecular formula is C16H25N5O2. The molecule has 2 fully saturated rings. The third-order valence-corrected chi connectivity index (χ3v) is 4.66. The second-order valence-electron chi connectivity index (χ2n) is 6.68. The molecule has 1 saturated heterocycles. The number of carbonyl (C=O) groups excluding carboxylic acids is 2. The summed E-state index contributed by atoms with van der Waals surface area (Å²) >= 11 is 0. The van der Waals surface area contributed by atoms with Gasteiger partial charge in [0.2, 0.25) is 11.8 Å². The lowest BCUT2D eigenvalue weighted by atomic mass is 9.94. The first-order chi connectivity index (χ1) is 11.0. The Morgan fingerprint density at radius 2 is 2.13 bits per heavy atom. The van der Waals surface area contributed by atoms with E-state index in [1.807, 2.05) is 18.5 Å². The molecule has 0 bridgehead atoms. The molecule has 1 aromatic heterocycles. The van der Waals surface area contributed by atoms with Gasteiger partial charge in [-0.25, -0.2) is 4.98 Å². The van der Waals surface area contributed by atoms with Crippen LogP contribution in [0.2, 0.25) is 0 Å². The SMILES string of the molecule is Cc1nc(C)n(CCCC(=O)N[C@@H]2CCC(=O)N[C@H]2C2CC2)n1. The summed E-state index contributed by atoms with van der Waals surface area (Å²) in [6, 6.07) is 0.212. The monoisotopic (exact) mass is 319 g/mol. The minimum absolute atomic E-state index is 0.0614. The lowest BCUT2D eigenvalue weighted by molar-refractivity contribution is -0.127. The average molecular weight is 319 g/mol. The first-order valence-electron chi connectivity index (χ1n) is 8.49. The van der Waals surface area contributed by atoms with Crippen LogP contribution in [-0.4, -0.2) is 38.7 Å². The molecule has 1 aliphatic heterocycles. The van der Waals surface area contributed by atoms with E-state index in [2.05, 4.69) is 20.7 Å². The minimum atomic E-state index is 0.0614. The Morgan fingerprint density at radius 3 is 2.78 bits per heavy atom. The number of nitrogens with one attached hydrogen (secondary N) is 2. The predicted molar refractivity (Wildman–Crippen MR) is 84.5 cm³/mol. The van der Waals surface area contributed by atoms with E-state index < -0.39 is 0 Å². The summed E-state index contributed by atoms with van der Waals surface area (Å²) < 4.78 is 1.84. The third-order valence-electron chi connectivity index (χ3n) is 4.66. The first-order valence-corrected chi connectivity index (χ1v) is 8.49. The molecule has 7 nitrogen and oxygen atoms in total. The first kappa shape index (κ1) is 16.0. The van der Waals surface area contributed by atoms with Crippen LogP contribution in [0.1, 0.15) is 50.2 Å². The fraction of sp³-hybridized carbons (Fsp3) is 0.750. The summed E-state index contributed by atoms with van der Waals surface area (Å²) in [5, 5.41) is 10.5. The summed E-state index contributed by atoms with van der Waals surface area (Å²) in [7, 11) is 0.